The van der Waals surface area contributed by atoms with E-state index in [1.165, 1.54) is 6.34 Å². The molecule has 144 valence electrons. The first kappa shape index (κ1) is 18.5. The van der Waals surface area contributed by atoms with E-state index in [1.807, 2.05) is 12.1 Å². The van der Waals surface area contributed by atoms with Crippen molar-refractivity contribution < 1.29 is 20.1 Å². The number of aliphatic imine (C=N–C) groups is 3. The van der Waals surface area contributed by atoms with Gasteiger partial charge in [0.25, 0.3) is 0 Å². The lowest BCUT2D eigenvalue weighted by atomic mass is 9.94. The Labute approximate surface area is 160 Å². The normalized spacial score (nSPS) is 35.2. The van der Waals surface area contributed by atoms with Crippen molar-refractivity contribution in [1.82, 2.24) is 4.90 Å². The number of fused-ring (bicyclic) bond motifs is 1. The number of aliphatic hydroxyl groups excluding tert-OH is 3. The van der Waals surface area contributed by atoms with E-state index in [-0.39, 0.29) is 6.67 Å². The third-order valence-electron chi connectivity index (χ3n) is 4.95. The van der Waals surface area contributed by atoms with E-state index in [2.05, 4.69) is 15.0 Å². The van der Waals surface area contributed by atoms with Crippen LogP contribution in [0.4, 0.5) is 0 Å². The van der Waals surface area contributed by atoms with Crippen LogP contribution in [0.2, 0.25) is 5.02 Å². The zero-order valence-corrected chi connectivity index (χ0v) is 15.1. The molecule has 0 spiro atoms. The zero-order chi connectivity index (χ0) is 19.2. The van der Waals surface area contributed by atoms with Gasteiger partial charge in [-0.05, 0) is 17.7 Å². The number of benzene rings is 1. The maximum atomic E-state index is 10.3. The minimum atomic E-state index is -1.21. The van der Waals surface area contributed by atoms with Crippen LogP contribution in [-0.4, -0.2) is 81.6 Å². The van der Waals surface area contributed by atoms with Gasteiger partial charge in [-0.25, -0.2) is 9.98 Å². The quantitative estimate of drug-likeness (QED) is 0.525. The second kappa shape index (κ2) is 6.93. The Morgan fingerprint density at radius 2 is 2.00 bits per heavy atom. The molecule has 9 nitrogen and oxygen atoms in total. The van der Waals surface area contributed by atoms with E-state index < -0.39 is 36.8 Å². The van der Waals surface area contributed by atoms with Crippen LogP contribution in [0, 0.1) is 0 Å². The molecule has 0 bridgehead atoms. The van der Waals surface area contributed by atoms with E-state index in [9.17, 15) is 15.3 Å². The maximum absolute atomic E-state index is 10.3. The van der Waals surface area contributed by atoms with Crippen molar-refractivity contribution in [2.24, 2.45) is 20.7 Å². The molecule has 0 aromatic heterocycles. The molecule has 1 fully saturated rings. The predicted molar refractivity (Wildman–Crippen MR) is 99.9 cm³/mol. The first-order valence-corrected chi connectivity index (χ1v) is 8.90. The summed E-state index contributed by atoms with van der Waals surface area (Å²) in [6.07, 6.45) is -2.40. The van der Waals surface area contributed by atoms with Gasteiger partial charge >= 0.3 is 0 Å². The molecule has 5 N–H and O–H groups in total. The number of aliphatic hydroxyl groups is 3. The van der Waals surface area contributed by atoms with Crippen LogP contribution in [0.5, 0.6) is 0 Å². The molecule has 10 heteroatoms. The SMILES string of the molecule is NC1(Cc2ccc(Cl)cc2)N=CN=C2C1=NCN2[C@@H]1O[C@H](CO)[C@@H](O)[C@H]1O. The van der Waals surface area contributed by atoms with Gasteiger partial charge in [0.15, 0.2) is 17.7 Å². The summed E-state index contributed by atoms with van der Waals surface area (Å²) in [5.41, 5.74) is 6.84. The lowest BCUT2D eigenvalue weighted by molar-refractivity contribution is -0.0688. The Kier molecular flexibility index (Phi) is 4.75. The average Bonchev–Trinajstić information content (AvgIpc) is 3.20. The molecule has 0 aliphatic carbocycles. The summed E-state index contributed by atoms with van der Waals surface area (Å²) in [6.45, 7) is -0.245. The fourth-order valence-electron chi connectivity index (χ4n) is 3.52. The molecular weight excluding hydrogens is 374 g/mol. The van der Waals surface area contributed by atoms with Crippen molar-refractivity contribution in [3.05, 3.63) is 34.9 Å². The number of amidine groups is 1. The van der Waals surface area contributed by atoms with Crippen LogP contribution in [0.1, 0.15) is 5.56 Å². The number of nitrogens with two attached hydrogens (primary N) is 1. The summed E-state index contributed by atoms with van der Waals surface area (Å²) >= 11 is 5.93. The molecule has 1 saturated heterocycles. The van der Waals surface area contributed by atoms with Crippen molar-refractivity contribution >= 4 is 29.5 Å². The summed E-state index contributed by atoms with van der Waals surface area (Å²) < 4.78 is 5.59. The van der Waals surface area contributed by atoms with Crippen LogP contribution in [-0.2, 0) is 11.2 Å². The van der Waals surface area contributed by atoms with E-state index in [0.29, 0.717) is 23.0 Å². The van der Waals surface area contributed by atoms with Crippen LogP contribution in [0.3, 0.4) is 0 Å². The van der Waals surface area contributed by atoms with Crippen molar-refractivity contribution in [1.29, 1.82) is 0 Å². The summed E-state index contributed by atoms with van der Waals surface area (Å²) in [5.74, 6) is 0.441. The number of hydrogen-bond donors (Lipinski definition) is 4. The van der Waals surface area contributed by atoms with E-state index in [0.717, 1.165) is 5.56 Å². The largest absolute Gasteiger partial charge is 0.394 e. The Balaban J connectivity index is 1.56. The summed E-state index contributed by atoms with van der Waals surface area (Å²) in [7, 11) is 0. The number of nitrogens with zero attached hydrogens (tertiary/aromatic N) is 4. The number of rotatable bonds is 4. The second-order valence-corrected chi connectivity index (χ2v) is 7.21. The molecule has 4 rings (SSSR count). The molecule has 27 heavy (non-hydrogen) atoms. The van der Waals surface area contributed by atoms with Crippen molar-refractivity contribution in [3.8, 4) is 0 Å². The second-order valence-electron chi connectivity index (χ2n) is 6.77. The molecule has 3 aliphatic rings. The third-order valence-corrected chi connectivity index (χ3v) is 5.21. The Bertz CT molecular complexity index is 814. The molecule has 3 aliphatic heterocycles. The highest BCUT2D eigenvalue weighted by Crippen LogP contribution is 2.30. The molecule has 1 aromatic rings. The van der Waals surface area contributed by atoms with Crippen molar-refractivity contribution in [3.63, 3.8) is 0 Å². The smallest absolute Gasteiger partial charge is 0.162 e. The van der Waals surface area contributed by atoms with Gasteiger partial charge in [0.2, 0.25) is 0 Å². The Hall–Kier alpha value is -1.88. The monoisotopic (exact) mass is 393 g/mol. The van der Waals surface area contributed by atoms with Gasteiger partial charge in [0.1, 0.15) is 37.0 Å². The lowest BCUT2D eigenvalue weighted by Gasteiger charge is -2.32. The van der Waals surface area contributed by atoms with Crippen molar-refractivity contribution in [2.45, 2.75) is 36.6 Å². The molecule has 1 aromatic carbocycles. The highest BCUT2D eigenvalue weighted by Gasteiger charge is 2.50. The standard InChI is InChI=1S/C17H20ClN5O4/c18-10-3-1-9(2-4-10)5-17(19)14-15(20-7-22-17)23(8-21-14)16-13(26)12(25)11(6-24)27-16/h1-4,7,11-13,16,24-26H,5-6,8,19H2/t11-,12-,13-,16-,17?/m1/s1. The highest BCUT2D eigenvalue weighted by atomic mass is 35.5. The molecule has 0 radical (unpaired) electrons. The van der Waals surface area contributed by atoms with Gasteiger partial charge in [0.05, 0.1) is 6.61 Å². The van der Waals surface area contributed by atoms with Gasteiger partial charge < -0.3 is 30.7 Å². The molecule has 3 heterocycles. The van der Waals surface area contributed by atoms with Crippen LogP contribution >= 0.6 is 11.6 Å². The lowest BCUT2D eigenvalue weighted by Crippen LogP contribution is -2.56. The van der Waals surface area contributed by atoms with Gasteiger partial charge in [-0.2, -0.15) is 0 Å². The minimum Gasteiger partial charge on any atom is -0.394 e. The number of hydrogen-bond acceptors (Lipinski definition) is 9. The highest BCUT2D eigenvalue weighted by molar-refractivity contribution is 6.47. The topological polar surface area (TPSA) is 136 Å². The molecule has 0 saturated carbocycles. The van der Waals surface area contributed by atoms with E-state index >= 15 is 0 Å². The first-order valence-electron chi connectivity index (χ1n) is 8.52. The Morgan fingerprint density at radius 3 is 2.67 bits per heavy atom. The summed E-state index contributed by atoms with van der Waals surface area (Å²) in [6, 6.07) is 7.31. The maximum Gasteiger partial charge on any atom is 0.162 e. The molecule has 0 amide bonds. The number of ether oxygens (including phenoxy) is 1. The molecule has 1 unspecified atom stereocenters. The van der Waals surface area contributed by atoms with Crippen LogP contribution in [0.25, 0.3) is 0 Å². The third kappa shape index (κ3) is 3.16. The molecule has 5 atom stereocenters. The van der Waals surface area contributed by atoms with Gasteiger partial charge in [0, 0.05) is 11.4 Å². The fourth-order valence-corrected chi connectivity index (χ4v) is 3.64. The summed E-state index contributed by atoms with van der Waals surface area (Å²) in [5, 5.41) is 30.2. The predicted octanol–water partition coefficient (Wildman–Crippen LogP) is -0.869. The van der Waals surface area contributed by atoms with Gasteiger partial charge in [-0.1, -0.05) is 23.7 Å². The van der Waals surface area contributed by atoms with E-state index in [1.54, 1.807) is 17.0 Å². The van der Waals surface area contributed by atoms with Gasteiger partial charge in [-0.15, -0.1) is 0 Å². The number of halogens is 1. The Morgan fingerprint density at radius 1 is 1.26 bits per heavy atom. The van der Waals surface area contributed by atoms with E-state index in [4.69, 9.17) is 22.1 Å². The zero-order valence-electron chi connectivity index (χ0n) is 14.3. The fraction of sp³-hybridized carbons (Fsp3) is 0.471. The van der Waals surface area contributed by atoms with Crippen LogP contribution < -0.4 is 5.73 Å². The minimum absolute atomic E-state index is 0.156. The summed E-state index contributed by atoms with van der Waals surface area (Å²) in [4.78, 5) is 14.7. The first-order chi connectivity index (χ1) is 12.9. The van der Waals surface area contributed by atoms with Crippen LogP contribution in [0.15, 0.2) is 39.2 Å². The molecular formula is C17H20ClN5O4. The van der Waals surface area contributed by atoms with Crippen molar-refractivity contribution in [2.75, 3.05) is 13.3 Å². The average molecular weight is 394 g/mol. The van der Waals surface area contributed by atoms with Gasteiger partial charge in [-0.3, -0.25) is 4.99 Å².